The van der Waals surface area contributed by atoms with Gasteiger partial charge in [-0.1, -0.05) is 29.8 Å². The van der Waals surface area contributed by atoms with Crippen LogP contribution in [-0.4, -0.2) is 4.83 Å². The van der Waals surface area contributed by atoms with Crippen LogP contribution in [-0.2, 0) is 6.42 Å². The van der Waals surface area contributed by atoms with Crippen molar-refractivity contribution in [2.24, 2.45) is 5.92 Å². The van der Waals surface area contributed by atoms with Crippen molar-refractivity contribution in [3.8, 4) is 0 Å². The molecule has 0 radical (unpaired) electrons. The summed E-state index contributed by atoms with van der Waals surface area (Å²) in [4.78, 5) is 0.613. The first-order chi connectivity index (χ1) is 5.20. The molecular formula is C9H13BrS. The first kappa shape index (κ1) is 9.27. The molecule has 2 unspecified atom stereocenters. The minimum atomic E-state index is 0.613. The van der Waals surface area contributed by atoms with Crippen molar-refractivity contribution >= 4 is 27.3 Å². The molecule has 0 fully saturated rings. The van der Waals surface area contributed by atoms with Crippen LogP contribution in [0.1, 0.15) is 19.4 Å². The van der Waals surface area contributed by atoms with Crippen LogP contribution in [0.3, 0.4) is 0 Å². The molecule has 1 aromatic rings. The lowest BCUT2D eigenvalue weighted by Gasteiger charge is -2.12. The van der Waals surface area contributed by atoms with Gasteiger partial charge in [0.2, 0.25) is 0 Å². The van der Waals surface area contributed by atoms with Crippen LogP contribution in [0.15, 0.2) is 16.8 Å². The molecule has 0 saturated carbocycles. The molecular weight excluding hydrogens is 220 g/mol. The van der Waals surface area contributed by atoms with Crippen molar-refractivity contribution in [3.05, 3.63) is 22.4 Å². The number of rotatable bonds is 3. The summed E-state index contributed by atoms with van der Waals surface area (Å²) < 4.78 is 0. The first-order valence-electron chi connectivity index (χ1n) is 3.85. The molecule has 0 nitrogen and oxygen atoms in total. The van der Waals surface area contributed by atoms with Crippen molar-refractivity contribution in [2.45, 2.75) is 25.1 Å². The third-order valence-electron chi connectivity index (χ3n) is 1.92. The average Bonchev–Trinajstić information content (AvgIpc) is 2.39. The summed E-state index contributed by atoms with van der Waals surface area (Å²) in [5.41, 5.74) is 1.47. The van der Waals surface area contributed by atoms with Crippen molar-refractivity contribution in [1.82, 2.24) is 0 Å². The Balaban J connectivity index is 2.43. The van der Waals surface area contributed by atoms with Gasteiger partial charge in [-0.05, 0) is 34.7 Å². The fourth-order valence-corrected chi connectivity index (χ4v) is 1.81. The summed E-state index contributed by atoms with van der Waals surface area (Å²) in [6.45, 7) is 4.48. The molecule has 0 aromatic carbocycles. The molecule has 2 atom stereocenters. The minimum absolute atomic E-state index is 0.613. The fourth-order valence-electron chi connectivity index (χ4n) is 0.943. The highest BCUT2D eigenvalue weighted by molar-refractivity contribution is 9.09. The number of thiophene rings is 1. The smallest absolute Gasteiger partial charge is 0.0146 e. The Morgan fingerprint density at radius 3 is 2.73 bits per heavy atom. The van der Waals surface area contributed by atoms with Crippen LogP contribution in [0.5, 0.6) is 0 Å². The molecule has 11 heavy (non-hydrogen) atoms. The molecule has 0 aliphatic heterocycles. The molecule has 0 saturated heterocycles. The lowest BCUT2D eigenvalue weighted by Crippen LogP contribution is -2.08. The van der Waals surface area contributed by atoms with Gasteiger partial charge in [-0.15, -0.1) is 0 Å². The Morgan fingerprint density at radius 2 is 2.27 bits per heavy atom. The maximum Gasteiger partial charge on any atom is 0.0146 e. The lowest BCUT2D eigenvalue weighted by molar-refractivity contribution is 0.582. The van der Waals surface area contributed by atoms with Crippen molar-refractivity contribution < 1.29 is 0 Å². The van der Waals surface area contributed by atoms with Crippen LogP contribution in [0.25, 0.3) is 0 Å². The fraction of sp³-hybridized carbons (Fsp3) is 0.556. The molecule has 0 N–H and O–H groups in total. The normalized spacial score (nSPS) is 16.3. The Kier molecular flexibility index (Phi) is 3.60. The monoisotopic (exact) mass is 232 g/mol. The summed E-state index contributed by atoms with van der Waals surface area (Å²) in [7, 11) is 0. The summed E-state index contributed by atoms with van der Waals surface area (Å²) in [6.07, 6.45) is 1.19. The van der Waals surface area contributed by atoms with Gasteiger partial charge in [0, 0.05) is 4.83 Å². The SMILES string of the molecule is CC(Br)C(C)Cc1ccsc1. The van der Waals surface area contributed by atoms with E-state index in [-0.39, 0.29) is 0 Å². The third kappa shape index (κ3) is 2.96. The Labute approximate surface area is 80.8 Å². The highest BCUT2D eigenvalue weighted by Crippen LogP contribution is 2.18. The van der Waals surface area contributed by atoms with Gasteiger partial charge in [-0.2, -0.15) is 11.3 Å². The third-order valence-corrected chi connectivity index (χ3v) is 3.56. The summed E-state index contributed by atoms with van der Waals surface area (Å²) in [5, 5.41) is 4.37. The van der Waals surface area contributed by atoms with E-state index in [1.165, 1.54) is 12.0 Å². The van der Waals surface area contributed by atoms with E-state index >= 15 is 0 Å². The summed E-state index contributed by atoms with van der Waals surface area (Å²) >= 11 is 5.37. The van der Waals surface area contributed by atoms with Crippen molar-refractivity contribution in [1.29, 1.82) is 0 Å². The standard InChI is InChI=1S/C9H13BrS/c1-7(8(2)10)5-9-3-4-11-6-9/h3-4,6-8H,5H2,1-2H3. The van der Waals surface area contributed by atoms with E-state index in [9.17, 15) is 0 Å². The molecule has 62 valence electrons. The maximum absolute atomic E-state index is 3.59. The van der Waals surface area contributed by atoms with E-state index in [0.717, 1.165) is 5.92 Å². The van der Waals surface area contributed by atoms with Gasteiger partial charge in [-0.25, -0.2) is 0 Å². The van der Waals surface area contributed by atoms with Gasteiger partial charge in [0.25, 0.3) is 0 Å². The number of alkyl halides is 1. The predicted octanol–water partition coefficient (Wildman–Crippen LogP) is 3.71. The van der Waals surface area contributed by atoms with E-state index in [0.29, 0.717) is 4.83 Å². The molecule has 0 aliphatic rings. The minimum Gasteiger partial charge on any atom is -0.152 e. The second-order valence-corrected chi connectivity index (χ2v) is 5.21. The zero-order valence-electron chi connectivity index (χ0n) is 6.88. The first-order valence-corrected chi connectivity index (χ1v) is 5.71. The largest absolute Gasteiger partial charge is 0.152 e. The zero-order chi connectivity index (χ0) is 8.27. The molecule has 1 rings (SSSR count). The van der Waals surface area contributed by atoms with Gasteiger partial charge >= 0.3 is 0 Å². The summed E-state index contributed by atoms with van der Waals surface area (Å²) in [5.74, 6) is 0.726. The highest BCUT2D eigenvalue weighted by Gasteiger charge is 2.08. The van der Waals surface area contributed by atoms with Crippen molar-refractivity contribution in [2.75, 3.05) is 0 Å². The van der Waals surface area contributed by atoms with E-state index in [4.69, 9.17) is 0 Å². The number of hydrogen-bond acceptors (Lipinski definition) is 1. The molecule has 0 amide bonds. The van der Waals surface area contributed by atoms with E-state index in [1.807, 2.05) is 0 Å². The van der Waals surface area contributed by atoms with Crippen molar-refractivity contribution in [3.63, 3.8) is 0 Å². The van der Waals surface area contributed by atoms with Crippen LogP contribution in [0.4, 0.5) is 0 Å². The molecule has 0 spiro atoms. The lowest BCUT2D eigenvalue weighted by atomic mass is 10.0. The van der Waals surface area contributed by atoms with Crippen LogP contribution >= 0.6 is 27.3 Å². The average molecular weight is 233 g/mol. The molecule has 1 aromatic heterocycles. The Bertz CT molecular complexity index is 191. The number of halogens is 1. The van der Waals surface area contributed by atoms with Crippen LogP contribution in [0.2, 0.25) is 0 Å². The van der Waals surface area contributed by atoms with E-state index < -0.39 is 0 Å². The summed E-state index contributed by atoms with van der Waals surface area (Å²) in [6, 6.07) is 2.20. The number of hydrogen-bond donors (Lipinski definition) is 0. The molecule has 0 bridgehead atoms. The Hall–Kier alpha value is 0.180. The van der Waals surface area contributed by atoms with Gasteiger partial charge in [0.15, 0.2) is 0 Å². The highest BCUT2D eigenvalue weighted by atomic mass is 79.9. The van der Waals surface area contributed by atoms with Gasteiger partial charge in [0.05, 0.1) is 0 Å². The van der Waals surface area contributed by atoms with Gasteiger partial charge in [-0.3, -0.25) is 0 Å². The maximum atomic E-state index is 3.59. The van der Waals surface area contributed by atoms with Crippen LogP contribution in [0, 0.1) is 5.92 Å². The molecule has 2 heteroatoms. The van der Waals surface area contributed by atoms with Gasteiger partial charge in [0.1, 0.15) is 0 Å². The second kappa shape index (κ2) is 4.27. The topological polar surface area (TPSA) is 0 Å². The van der Waals surface area contributed by atoms with E-state index in [2.05, 4.69) is 46.6 Å². The molecule has 1 heterocycles. The van der Waals surface area contributed by atoms with E-state index in [1.54, 1.807) is 11.3 Å². The quantitative estimate of drug-likeness (QED) is 0.698. The Morgan fingerprint density at radius 1 is 1.55 bits per heavy atom. The predicted molar refractivity (Wildman–Crippen MR) is 55.6 cm³/mol. The molecule has 0 aliphatic carbocycles. The van der Waals surface area contributed by atoms with Gasteiger partial charge < -0.3 is 0 Å². The second-order valence-electron chi connectivity index (χ2n) is 2.99. The zero-order valence-corrected chi connectivity index (χ0v) is 9.28. The van der Waals surface area contributed by atoms with Crippen LogP contribution < -0.4 is 0 Å².